The molecule has 10 nitrogen and oxygen atoms in total. The maximum Gasteiger partial charge on any atom is 0.267 e. The molecule has 4 heterocycles. The normalized spacial score (nSPS) is 17.3. The smallest absolute Gasteiger partial charge is 0.267 e. The number of nitrogens with one attached hydrogen (secondary N) is 1. The van der Waals surface area contributed by atoms with E-state index in [9.17, 15) is 18.0 Å². The van der Waals surface area contributed by atoms with Gasteiger partial charge in [0.25, 0.3) is 11.5 Å². The summed E-state index contributed by atoms with van der Waals surface area (Å²) in [5.41, 5.74) is 4.38. The first-order valence-corrected chi connectivity index (χ1v) is 18.2. The number of hydrogen-bond donors (Lipinski definition) is 1. The molecule has 4 aromatic rings. The van der Waals surface area contributed by atoms with Crippen molar-refractivity contribution in [2.75, 3.05) is 26.5 Å². The van der Waals surface area contributed by atoms with E-state index < -0.39 is 15.9 Å². The third kappa shape index (κ3) is 6.75. The van der Waals surface area contributed by atoms with Crippen LogP contribution >= 0.6 is 22.9 Å². The van der Waals surface area contributed by atoms with Crippen molar-refractivity contribution in [3.8, 4) is 23.0 Å². The Labute approximate surface area is 276 Å². The van der Waals surface area contributed by atoms with Crippen LogP contribution in [0.4, 0.5) is 0 Å². The highest BCUT2D eigenvalue weighted by Crippen LogP contribution is 2.36. The van der Waals surface area contributed by atoms with Crippen LogP contribution in [0.25, 0.3) is 21.3 Å². The Morgan fingerprint density at radius 2 is 1.98 bits per heavy atom. The zero-order chi connectivity index (χ0) is 32.6. The maximum atomic E-state index is 13.8. The Hall–Kier alpha value is -3.60. The lowest BCUT2D eigenvalue weighted by Crippen LogP contribution is -2.47. The highest BCUT2D eigenvalue weighted by atomic mass is 35.5. The Bertz CT molecular complexity index is 2060. The van der Waals surface area contributed by atoms with Gasteiger partial charge < -0.3 is 4.74 Å². The highest BCUT2D eigenvalue weighted by molar-refractivity contribution is 7.89. The maximum absolute atomic E-state index is 13.8. The summed E-state index contributed by atoms with van der Waals surface area (Å²) in [5.74, 6) is 6.31. The van der Waals surface area contributed by atoms with Gasteiger partial charge in [-0.05, 0) is 63.3 Å². The summed E-state index contributed by atoms with van der Waals surface area (Å²) in [6, 6.07) is 7.50. The number of hydrogen-bond acceptors (Lipinski definition) is 9. The average molecular weight is 680 g/mol. The van der Waals surface area contributed by atoms with Gasteiger partial charge in [-0.25, -0.2) is 18.1 Å². The van der Waals surface area contributed by atoms with E-state index in [4.69, 9.17) is 21.3 Å². The molecular formula is C33H34ClN5O5S2. The summed E-state index contributed by atoms with van der Waals surface area (Å²) < 4.78 is 33.2. The molecule has 6 rings (SSSR count). The average Bonchev–Trinajstić information content (AvgIpc) is 3.47. The topological polar surface area (TPSA) is 123 Å². The molecule has 46 heavy (non-hydrogen) atoms. The van der Waals surface area contributed by atoms with E-state index in [1.807, 2.05) is 23.8 Å². The van der Waals surface area contributed by atoms with Crippen LogP contribution in [0.3, 0.4) is 0 Å². The van der Waals surface area contributed by atoms with Crippen LogP contribution in [0.5, 0.6) is 0 Å². The number of carbonyl (C=O) groups excluding carboxylic acids is 1. The van der Waals surface area contributed by atoms with Crippen molar-refractivity contribution in [2.45, 2.75) is 57.7 Å². The summed E-state index contributed by atoms with van der Waals surface area (Å²) >= 11 is 7.69. The highest BCUT2D eigenvalue weighted by Gasteiger charge is 2.30. The largest absolute Gasteiger partial charge is 0.381 e. The molecule has 3 aromatic heterocycles. The van der Waals surface area contributed by atoms with Crippen LogP contribution in [0.1, 0.15) is 52.3 Å². The number of benzene rings is 1. The van der Waals surface area contributed by atoms with Crippen molar-refractivity contribution in [2.24, 2.45) is 0 Å². The molecule has 1 aliphatic heterocycles. The van der Waals surface area contributed by atoms with Crippen LogP contribution in [0.15, 0.2) is 40.6 Å². The number of likely N-dealkylation sites (tertiary alicyclic amines) is 1. The number of ether oxygens (including phenoxy) is 1. The molecule has 0 radical (unpaired) electrons. The fraction of sp³-hybridized carbons (Fsp3) is 0.394. The molecule has 240 valence electrons. The molecule has 1 fully saturated rings. The molecule has 0 bridgehead atoms. The van der Waals surface area contributed by atoms with Gasteiger partial charge in [0.2, 0.25) is 10.0 Å². The number of rotatable bonds is 6. The van der Waals surface area contributed by atoms with Gasteiger partial charge in [0.15, 0.2) is 0 Å². The minimum absolute atomic E-state index is 0.0288. The predicted molar refractivity (Wildman–Crippen MR) is 180 cm³/mol. The van der Waals surface area contributed by atoms with Gasteiger partial charge in [0.1, 0.15) is 5.82 Å². The summed E-state index contributed by atoms with van der Waals surface area (Å²) in [7, 11) is -1.97. The second-order valence-corrected chi connectivity index (χ2v) is 14.8. The van der Waals surface area contributed by atoms with Gasteiger partial charge in [-0.2, -0.15) is 0 Å². The van der Waals surface area contributed by atoms with E-state index in [2.05, 4.69) is 21.7 Å². The Morgan fingerprint density at radius 3 is 2.72 bits per heavy atom. The standard InChI is InChI=1S/C33H34ClN5O5S2/c1-20-36-29-9-8-23(38-15-11-24(44-2)12-16-38)18-27(29)33(41)39(20)14-4-5-21-6-7-22(34)17-26(21)25-10-13-35-30-28(19-45-31(25)30)32(40)37-46(3,42)43/h6-7,10,13,17,19,23-24H,8-9,11-12,14-16,18H2,1-3H3,(H,37,40)/t23-/m1/s1. The second-order valence-electron chi connectivity index (χ2n) is 11.7. The molecule has 1 N–H and O–H groups in total. The SMILES string of the molecule is COC1CCN([C@@H]2CCc3nc(C)n(CC#Cc4ccc(Cl)cc4-c4ccnc5c(C(=O)NS(C)(=O)=O)csc45)c(=O)c3C2)CC1. The van der Waals surface area contributed by atoms with Crippen molar-refractivity contribution in [1.82, 2.24) is 24.2 Å². The van der Waals surface area contributed by atoms with Crippen molar-refractivity contribution >= 4 is 49.1 Å². The number of fused-ring (bicyclic) bond motifs is 2. The molecule has 1 saturated heterocycles. The third-order valence-corrected chi connectivity index (χ3v) is 10.5. The van der Waals surface area contributed by atoms with Crippen molar-refractivity contribution < 1.29 is 17.9 Å². The van der Waals surface area contributed by atoms with Gasteiger partial charge >= 0.3 is 0 Å². The molecular weight excluding hydrogens is 646 g/mol. The number of nitrogens with zero attached hydrogens (tertiary/aromatic N) is 4. The number of halogens is 1. The number of carbonyl (C=O) groups is 1. The van der Waals surface area contributed by atoms with E-state index in [-0.39, 0.29) is 17.7 Å². The Balaban J connectivity index is 1.28. The number of amides is 1. The molecule has 13 heteroatoms. The van der Waals surface area contributed by atoms with Gasteiger partial charge in [-0.1, -0.05) is 23.4 Å². The number of sulfonamides is 1. The number of piperidine rings is 1. The lowest BCUT2D eigenvalue weighted by atomic mass is 9.90. The summed E-state index contributed by atoms with van der Waals surface area (Å²) in [6.45, 7) is 3.98. The number of aromatic nitrogens is 3. The second kappa shape index (κ2) is 13.3. The van der Waals surface area contributed by atoms with Crippen LogP contribution in [-0.4, -0.2) is 72.4 Å². The minimum atomic E-state index is -3.74. The monoisotopic (exact) mass is 679 g/mol. The van der Waals surface area contributed by atoms with E-state index in [0.29, 0.717) is 45.2 Å². The summed E-state index contributed by atoms with van der Waals surface area (Å²) in [6.07, 6.45) is 7.30. The Kier molecular flexibility index (Phi) is 9.32. The third-order valence-electron chi connectivity index (χ3n) is 8.73. The first kappa shape index (κ1) is 32.3. The first-order chi connectivity index (χ1) is 22.0. The van der Waals surface area contributed by atoms with Crippen LogP contribution in [0, 0.1) is 18.8 Å². The Morgan fingerprint density at radius 1 is 1.20 bits per heavy atom. The number of pyridine rings is 1. The summed E-state index contributed by atoms with van der Waals surface area (Å²) in [5, 5.41) is 2.09. The van der Waals surface area contributed by atoms with E-state index >= 15 is 0 Å². The molecule has 1 aromatic carbocycles. The van der Waals surface area contributed by atoms with Crippen LogP contribution in [0.2, 0.25) is 5.02 Å². The van der Waals surface area contributed by atoms with Gasteiger partial charge in [-0.15, -0.1) is 11.3 Å². The van der Waals surface area contributed by atoms with Crippen LogP contribution in [-0.2, 0) is 34.1 Å². The van der Waals surface area contributed by atoms with Crippen LogP contribution < -0.4 is 10.3 Å². The number of methoxy groups -OCH3 is 1. The molecule has 0 spiro atoms. The van der Waals surface area contributed by atoms with E-state index in [1.54, 1.807) is 35.4 Å². The zero-order valence-corrected chi connectivity index (χ0v) is 28.2. The fourth-order valence-corrected chi connectivity index (χ4v) is 8.03. The lowest BCUT2D eigenvalue weighted by Gasteiger charge is -2.39. The van der Waals surface area contributed by atoms with Crippen molar-refractivity contribution in [3.63, 3.8) is 0 Å². The quantitative estimate of drug-likeness (QED) is 0.301. The molecule has 0 unspecified atom stereocenters. The molecule has 2 aliphatic rings. The number of thiophene rings is 1. The van der Waals surface area contributed by atoms with Crippen molar-refractivity contribution in [3.05, 3.63) is 79.4 Å². The molecule has 0 saturated carbocycles. The van der Waals surface area contributed by atoms with Gasteiger partial charge in [0, 0.05) is 65.1 Å². The predicted octanol–water partition coefficient (Wildman–Crippen LogP) is 4.19. The summed E-state index contributed by atoms with van der Waals surface area (Å²) in [4.78, 5) is 38.1. The first-order valence-electron chi connectivity index (χ1n) is 15.1. The van der Waals surface area contributed by atoms with E-state index in [0.717, 1.165) is 67.4 Å². The molecule has 1 amide bonds. The lowest BCUT2D eigenvalue weighted by molar-refractivity contribution is 0.0248. The van der Waals surface area contributed by atoms with E-state index in [1.165, 1.54) is 11.3 Å². The van der Waals surface area contributed by atoms with Gasteiger partial charge in [-0.3, -0.25) is 24.0 Å². The zero-order valence-electron chi connectivity index (χ0n) is 25.8. The minimum Gasteiger partial charge on any atom is -0.381 e. The number of aryl methyl sites for hydroxylation is 2. The fourth-order valence-electron chi connectivity index (χ4n) is 6.38. The van der Waals surface area contributed by atoms with Crippen molar-refractivity contribution in [1.29, 1.82) is 0 Å². The molecule has 1 aliphatic carbocycles. The van der Waals surface area contributed by atoms with Gasteiger partial charge in [0.05, 0.1) is 40.4 Å². The molecule has 1 atom stereocenters.